The molecule has 0 aromatic heterocycles. The summed E-state index contributed by atoms with van der Waals surface area (Å²) in [6.45, 7) is 3.30. The second kappa shape index (κ2) is 6.89. The lowest BCUT2D eigenvalue weighted by Gasteiger charge is -2.16. The Labute approximate surface area is 75.1 Å². The maximum absolute atomic E-state index is 5.59. The first-order valence-corrected chi connectivity index (χ1v) is 4.59. The molecule has 0 amide bonds. The van der Waals surface area contributed by atoms with E-state index >= 15 is 0 Å². The first-order valence-electron chi connectivity index (χ1n) is 4.06. The van der Waals surface area contributed by atoms with Crippen molar-refractivity contribution in [1.82, 2.24) is 9.80 Å². The zero-order valence-electron chi connectivity index (χ0n) is 7.81. The molecule has 0 spiro atoms. The standard InChI is InChI=1S/C8H19ClN2/c1-10(2)6-4-7-11(3)8-5-9/h4-8H2,1-3H3. The summed E-state index contributed by atoms with van der Waals surface area (Å²) in [7, 11) is 6.31. The third kappa shape index (κ3) is 8.11. The minimum Gasteiger partial charge on any atom is -0.309 e. The Hall–Kier alpha value is 0.210. The zero-order valence-corrected chi connectivity index (χ0v) is 8.56. The largest absolute Gasteiger partial charge is 0.309 e. The van der Waals surface area contributed by atoms with E-state index in [4.69, 9.17) is 11.6 Å². The molecule has 0 radical (unpaired) electrons. The van der Waals surface area contributed by atoms with Gasteiger partial charge in [-0.05, 0) is 40.7 Å². The van der Waals surface area contributed by atoms with Crippen LogP contribution in [0.5, 0.6) is 0 Å². The van der Waals surface area contributed by atoms with Crippen LogP contribution >= 0.6 is 11.6 Å². The van der Waals surface area contributed by atoms with Crippen LogP contribution in [0.1, 0.15) is 6.42 Å². The van der Waals surface area contributed by atoms with Crippen molar-refractivity contribution in [2.45, 2.75) is 6.42 Å². The Morgan fingerprint density at radius 1 is 1.00 bits per heavy atom. The summed E-state index contributed by atoms with van der Waals surface area (Å²) in [6.07, 6.45) is 1.22. The van der Waals surface area contributed by atoms with E-state index in [2.05, 4.69) is 30.9 Å². The summed E-state index contributed by atoms with van der Waals surface area (Å²) in [5.41, 5.74) is 0. The van der Waals surface area contributed by atoms with E-state index in [9.17, 15) is 0 Å². The molecule has 2 nitrogen and oxygen atoms in total. The van der Waals surface area contributed by atoms with Gasteiger partial charge in [0.15, 0.2) is 0 Å². The summed E-state index contributed by atoms with van der Waals surface area (Å²) >= 11 is 5.59. The first-order chi connectivity index (χ1) is 5.16. The molecule has 0 aromatic rings. The van der Waals surface area contributed by atoms with Gasteiger partial charge < -0.3 is 9.80 Å². The van der Waals surface area contributed by atoms with Crippen LogP contribution in [0.4, 0.5) is 0 Å². The highest BCUT2D eigenvalue weighted by atomic mass is 35.5. The molecular formula is C8H19ClN2. The monoisotopic (exact) mass is 178 g/mol. The molecule has 0 saturated heterocycles. The van der Waals surface area contributed by atoms with Crippen molar-refractivity contribution in [1.29, 1.82) is 0 Å². The number of nitrogens with zero attached hydrogens (tertiary/aromatic N) is 2. The average Bonchev–Trinajstić information content (AvgIpc) is 1.87. The van der Waals surface area contributed by atoms with Crippen molar-refractivity contribution in [2.75, 3.05) is 46.7 Å². The zero-order chi connectivity index (χ0) is 8.69. The summed E-state index contributed by atoms with van der Waals surface area (Å²) in [4.78, 5) is 4.46. The molecule has 0 saturated carbocycles. The SMILES string of the molecule is CN(C)CCCN(C)CCCl. The van der Waals surface area contributed by atoms with E-state index in [-0.39, 0.29) is 0 Å². The van der Waals surface area contributed by atoms with Crippen LogP contribution in [-0.2, 0) is 0 Å². The van der Waals surface area contributed by atoms with Crippen molar-refractivity contribution in [3.05, 3.63) is 0 Å². The molecule has 0 bridgehead atoms. The van der Waals surface area contributed by atoms with Crippen LogP contribution in [0.2, 0.25) is 0 Å². The smallest absolute Gasteiger partial charge is 0.0351 e. The molecule has 0 fully saturated rings. The minimum atomic E-state index is 0.735. The Morgan fingerprint density at radius 3 is 2.09 bits per heavy atom. The van der Waals surface area contributed by atoms with Gasteiger partial charge in [-0.25, -0.2) is 0 Å². The number of halogens is 1. The van der Waals surface area contributed by atoms with E-state index in [1.54, 1.807) is 0 Å². The third-order valence-electron chi connectivity index (χ3n) is 1.61. The molecule has 11 heavy (non-hydrogen) atoms. The first kappa shape index (κ1) is 11.2. The number of rotatable bonds is 6. The van der Waals surface area contributed by atoms with Gasteiger partial charge in [-0.3, -0.25) is 0 Å². The van der Waals surface area contributed by atoms with Crippen LogP contribution in [0.3, 0.4) is 0 Å². The quantitative estimate of drug-likeness (QED) is 0.563. The lowest BCUT2D eigenvalue weighted by Crippen LogP contribution is -2.25. The highest BCUT2D eigenvalue weighted by molar-refractivity contribution is 6.18. The van der Waals surface area contributed by atoms with Crippen LogP contribution in [0.15, 0.2) is 0 Å². The van der Waals surface area contributed by atoms with E-state index < -0.39 is 0 Å². The van der Waals surface area contributed by atoms with Crippen molar-refractivity contribution in [2.24, 2.45) is 0 Å². The lowest BCUT2D eigenvalue weighted by atomic mass is 10.4. The summed E-state index contributed by atoms with van der Waals surface area (Å²) in [5, 5.41) is 0. The molecule has 68 valence electrons. The Kier molecular flexibility index (Phi) is 7.02. The Balaban J connectivity index is 3.10. The molecule has 0 rings (SSSR count). The number of hydrogen-bond donors (Lipinski definition) is 0. The molecule has 0 aliphatic rings. The predicted molar refractivity (Wildman–Crippen MR) is 51.4 cm³/mol. The molecule has 0 N–H and O–H groups in total. The average molecular weight is 179 g/mol. The van der Waals surface area contributed by atoms with Gasteiger partial charge in [-0.1, -0.05) is 0 Å². The van der Waals surface area contributed by atoms with Crippen molar-refractivity contribution >= 4 is 11.6 Å². The van der Waals surface area contributed by atoms with Crippen molar-refractivity contribution in [3.63, 3.8) is 0 Å². The van der Waals surface area contributed by atoms with Gasteiger partial charge in [0.2, 0.25) is 0 Å². The van der Waals surface area contributed by atoms with Gasteiger partial charge in [-0.15, -0.1) is 11.6 Å². The molecule has 0 aliphatic carbocycles. The summed E-state index contributed by atoms with van der Waals surface area (Å²) in [6, 6.07) is 0. The molecule has 0 aliphatic heterocycles. The molecule has 0 atom stereocenters. The van der Waals surface area contributed by atoms with Gasteiger partial charge in [0.25, 0.3) is 0 Å². The fourth-order valence-corrected chi connectivity index (χ4v) is 1.20. The Bertz CT molecular complexity index is 86.2. The van der Waals surface area contributed by atoms with E-state index in [1.807, 2.05) is 0 Å². The van der Waals surface area contributed by atoms with Crippen LogP contribution in [0, 0.1) is 0 Å². The van der Waals surface area contributed by atoms with Gasteiger partial charge in [-0.2, -0.15) is 0 Å². The number of alkyl halides is 1. The maximum Gasteiger partial charge on any atom is 0.0351 e. The number of hydrogen-bond acceptors (Lipinski definition) is 2. The molecule has 3 heteroatoms. The second-order valence-corrected chi connectivity index (χ2v) is 3.53. The predicted octanol–water partition coefficient (Wildman–Crippen LogP) is 1.11. The van der Waals surface area contributed by atoms with Crippen molar-refractivity contribution < 1.29 is 0 Å². The summed E-state index contributed by atoms with van der Waals surface area (Å²) < 4.78 is 0. The maximum atomic E-state index is 5.59. The van der Waals surface area contributed by atoms with Crippen LogP contribution in [0.25, 0.3) is 0 Å². The minimum absolute atomic E-state index is 0.735. The fraction of sp³-hybridized carbons (Fsp3) is 1.00. The summed E-state index contributed by atoms with van der Waals surface area (Å²) in [5.74, 6) is 0.735. The van der Waals surface area contributed by atoms with Gasteiger partial charge >= 0.3 is 0 Å². The highest BCUT2D eigenvalue weighted by Crippen LogP contribution is 1.89. The second-order valence-electron chi connectivity index (χ2n) is 3.15. The van der Waals surface area contributed by atoms with E-state index in [0.29, 0.717) is 0 Å². The van der Waals surface area contributed by atoms with E-state index in [1.165, 1.54) is 6.42 Å². The van der Waals surface area contributed by atoms with E-state index in [0.717, 1.165) is 25.5 Å². The van der Waals surface area contributed by atoms with Crippen molar-refractivity contribution in [3.8, 4) is 0 Å². The van der Waals surface area contributed by atoms with Gasteiger partial charge in [0, 0.05) is 12.4 Å². The van der Waals surface area contributed by atoms with Crippen LogP contribution < -0.4 is 0 Å². The Morgan fingerprint density at radius 2 is 1.64 bits per heavy atom. The lowest BCUT2D eigenvalue weighted by molar-refractivity contribution is 0.313. The van der Waals surface area contributed by atoms with Crippen LogP contribution in [-0.4, -0.2) is 56.5 Å². The fourth-order valence-electron chi connectivity index (χ4n) is 0.913. The highest BCUT2D eigenvalue weighted by Gasteiger charge is 1.96. The molecule has 0 unspecified atom stereocenters. The third-order valence-corrected chi connectivity index (χ3v) is 1.78. The molecule has 0 aromatic carbocycles. The molecular weight excluding hydrogens is 160 g/mol. The van der Waals surface area contributed by atoms with Gasteiger partial charge in [0.05, 0.1) is 0 Å². The topological polar surface area (TPSA) is 6.48 Å². The normalized spacial score (nSPS) is 11.5. The van der Waals surface area contributed by atoms with Gasteiger partial charge in [0.1, 0.15) is 0 Å². The molecule has 0 heterocycles.